The number of hydrogen-bond acceptors (Lipinski definition) is 5. The minimum atomic E-state index is -0.269. The zero-order valence-electron chi connectivity index (χ0n) is 16.6. The summed E-state index contributed by atoms with van der Waals surface area (Å²) in [7, 11) is 0. The Kier molecular flexibility index (Phi) is 7.40. The Bertz CT molecular complexity index is 932. The number of rotatable bonds is 8. The summed E-state index contributed by atoms with van der Waals surface area (Å²) >= 11 is 1.72. The van der Waals surface area contributed by atoms with Crippen molar-refractivity contribution in [2.45, 2.75) is 26.8 Å². The lowest BCUT2D eigenvalue weighted by Gasteiger charge is -2.11. The fourth-order valence-corrected chi connectivity index (χ4v) is 3.40. The lowest BCUT2D eigenvalue weighted by atomic mass is 10.2. The third kappa shape index (κ3) is 6.46. The van der Waals surface area contributed by atoms with Crippen molar-refractivity contribution < 1.29 is 9.21 Å². The SMILES string of the molecule is CCNC(=NCc1ccc(NC(=O)c2ccco2)cc1)NCCc1ncc(C)s1. The fraction of sp³-hybridized carbons (Fsp3) is 0.286. The highest BCUT2D eigenvalue weighted by Crippen LogP contribution is 2.13. The zero-order valence-corrected chi connectivity index (χ0v) is 17.4. The number of aryl methyl sites for hydroxylation is 1. The number of carbonyl (C=O) groups excluding carboxylic acids is 1. The number of aromatic nitrogens is 1. The van der Waals surface area contributed by atoms with Gasteiger partial charge in [0.25, 0.3) is 5.91 Å². The van der Waals surface area contributed by atoms with Crippen molar-refractivity contribution in [1.82, 2.24) is 15.6 Å². The minimum Gasteiger partial charge on any atom is -0.459 e. The minimum absolute atomic E-state index is 0.269. The first-order valence-electron chi connectivity index (χ1n) is 9.51. The first-order valence-corrected chi connectivity index (χ1v) is 10.3. The third-order valence-electron chi connectivity index (χ3n) is 4.02. The van der Waals surface area contributed by atoms with Crippen LogP contribution in [0.4, 0.5) is 5.69 Å². The van der Waals surface area contributed by atoms with Crippen LogP contribution in [0.1, 0.15) is 32.9 Å². The van der Waals surface area contributed by atoms with E-state index in [1.807, 2.05) is 37.4 Å². The quantitative estimate of drug-likeness (QED) is 0.389. The molecule has 3 aromatic rings. The molecule has 7 nitrogen and oxygen atoms in total. The number of nitrogens with one attached hydrogen (secondary N) is 3. The van der Waals surface area contributed by atoms with Gasteiger partial charge in [-0.1, -0.05) is 12.1 Å². The highest BCUT2D eigenvalue weighted by atomic mass is 32.1. The number of guanidine groups is 1. The van der Waals surface area contributed by atoms with Crippen molar-refractivity contribution in [3.05, 3.63) is 70.1 Å². The number of furan rings is 1. The Hall–Kier alpha value is -3.13. The van der Waals surface area contributed by atoms with Gasteiger partial charge in [-0.3, -0.25) is 4.79 Å². The highest BCUT2D eigenvalue weighted by Gasteiger charge is 2.08. The number of nitrogens with zero attached hydrogens (tertiary/aromatic N) is 2. The van der Waals surface area contributed by atoms with E-state index in [4.69, 9.17) is 4.42 Å². The molecule has 0 aliphatic carbocycles. The topological polar surface area (TPSA) is 91.5 Å². The monoisotopic (exact) mass is 411 g/mol. The number of hydrogen-bond donors (Lipinski definition) is 3. The van der Waals surface area contributed by atoms with Crippen LogP contribution in [-0.2, 0) is 13.0 Å². The molecule has 0 fully saturated rings. The van der Waals surface area contributed by atoms with Crippen molar-refractivity contribution in [3.8, 4) is 0 Å². The van der Waals surface area contributed by atoms with E-state index in [0.29, 0.717) is 12.2 Å². The third-order valence-corrected chi connectivity index (χ3v) is 4.99. The van der Waals surface area contributed by atoms with Crippen molar-refractivity contribution in [1.29, 1.82) is 0 Å². The molecular formula is C21H25N5O2S. The summed E-state index contributed by atoms with van der Waals surface area (Å²) in [4.78, 5) is 22.2. The molecule has 29 heavy (non-hydrogen) atoms. The predicted octanol–water partition coefficient (Wildman–Crippen LogP) is 3.59. The molecule has 0 spiro atoms. The Balaban J connectivity index is 1.51. The predicted molar refractivity (Wildman–Crippen MR) is 116 cm³/mol. The van der Waals surface area contributed by atoms with Gasteiger partial charge < -0.3 is 20.4 Å². The molecule has 0 saturated heterocycles. The molecule has 3 rings (SSSR count). The maximum absolute atomic E-state index is 12.0. The Morgan fingerprint density at radius 1 is 1.21 bits per heavy atom. The smallest absolute Gasteiger partial charge is 0.291 e. The zero-order chi connectivity index (χ0) is 20.5. The van der Waals surface area contributed by atoms with Crippen LogP contribution in [0.2, 0.25) is 0 Å². The van der Waals surface area contributed by atoms with E-state index >= 15 is 0 Å². The molecule has 0 aliphatic heterocycles. The second-order valence-corrected chi connectivity index (χ2v) is 7.68. The Labute approximate surface area is 174 Å². The van der Waals surface area contributed by atoms with Crippen molar-refractivity contribution in [2.75, 3.05) is 18.4 Å². The average molecular weight is 412 g/mol. The molecule has 0 aliphatic rings. The van der Waals surface area contributed by atoms with E-state index in [9.17, 15) is 4.79 Å². The van der Waals surface area contributed by atoms with Crippen LogP contribution in [0.5, 0.6) is 0 Å². The summed E-state index contributed by atoms with van der Waals surface area (Å²) in [6.07, 6.45) is 4.25. The van der Waals surface area contributed by atoms with Crippen LogP contribution in [0, 0.1) is 6.92 Å². The van der Waals surface area contributed by atoms with Gasteiger partial charge in [0.05, 0.1) is 17.8 Å². The summed E-state index contributed by atoms with van der Waals surface area (Å²) in [5.41, 5.74) is 1.76. The summed E-state index contributed by atoms with van der Waals surface area (Å²) in [5, 5.41) is 10.5. The number of carbonyl (C=O) groups is 1. The van der Waals surface area contributed by atoms with Gasteiger partial charge in [0.1, 0.15) is 0 Å². The van der Waals surface area contributed by atoms with Crippen molar-refractivity contribution >= 4 is 28.9 Å². The molecule has 1 aromatic carbocycles. The number of benzene rings is 1. The molecule has 3 N–H and O–H groups in total. The average Bonchev–Trinajstić information content (AvgIpc) is 3.39. The van der Waals surface area contributed by atoms with Gasteiger partial charge in [-0.25, -0.2) is 9.98 Å². The normalized spacial score (nSPS) is 11.3. The standard InChI is InChI=1S/C21H25N5O2S/c1-3-22-21(23-11-10-19-24-13-15(2)29-19)25-14-16-6-8-17(9-7-16)26-20(27)18-5-4-12-28-18/h4-9,12-13H,3,10-11,14H2,1-2H3,(H,26,27)(H2,22,23,25). The Morgan fingerprint density at radius 3 is 2.69 bits per heavy atom. The molecule has 8 heteroatoms. The van der Waals surface area contributed by atoms with Gasteiger partial charge >= 0.3 is 0 Å². The molecular weight excluding hydrogens is 386 g/mol. The first-order chi connectivity index (χ1) is 14.1. The van der Waals surface area contributed by atoms with E-state index < -0.39 is 0 Å². The lowest BCUT2D eigenvalue weighted by Crippen LogP contribution is -2.38. The van der Waals surface area contributed by atoms with Gasteiger partial charge in [0.15, 0.2) is 11.7 Å². The van der Waals surface area contributed by atoms with Crippen LogP contribution in [-0.4, -0.2) is 29.9 Å². The van der Waals surface area contributed by atoms with E-state index in [0.717, 1.165) is 36.0 Å². The Morgan fingerprint density at radius 2 is 2.03 bits per heavy atom. The van der Waals surface area contributed by atoms with E-state index in [1.54, 1.807) is 23.5 Å². The second-order valence-electron chi connectivity index (χ2n) is 6.36. The molecule has 2 aromatic heterocycles. The van der Waals surface area contributed by atoms with Crippen LogP contribution in [0.3, 0.4) is 0 Å². The highest BCUT2D eigenvalue weighted by molar-refractivity contribution is 7.11. The van der Waals surface area contributed by atoms with Crippen LogP contribution in [0.15, 0.2) is 58.3 Å². The molecule has 1 amide bonds. The van der Waals surface area contributed by atoms with Gasteiger partial charge in [-0.15, -0.1) is 11.3 Å². The summed E-state index contributed by atoms with van der Waals surface area (Å²) in [6.45, 7) is 6.21. The fourth-order valence-electron chi connectivity index (χ4n) is 2.61. The van der Waals surface area contributed by atoms with Gasteiger partial charge in [-0.05, 0) is 43.7 Å². The van der Waals surface area contributed by atoms with Gasteiger partial charge in [-0.2, -0.15) is 0 Å². The number of amides is 1. The summed E-state index contributed by atoms with van der Waals surface area (Å²) in [6, 6.07) is 10.9. The van der Waals surface area contributed by atoms with Crippen LogP contribution < -0.4 is 16.0 Å². The maximum atomic E-state index is 12.0. The molecule has 152 valence electrons. The summed E-state index contributed by atoms with van der Waals surface area (Å²) in [5.74, 6) is 0.791. The molecule has 0 bridgehead atoms. The largest absolute Gasteiger partial charge is 0.459 e. The van der Waals surface area contributed by atoms with Crippen molar-refractivity contribution in [2.24, 2.45) is 4.99 Å². The molecule has 0 atom stereocenters. The van der Waals surface area contributed by atoms with E-state index in [2.05, 4.69) is 32.9 Å². The number of anilines is 1. The van der Waals surface area contributed by atoms with Gasteiger partial charge in [0, 0.05) is 36.3 Å². The number of thiazole rings is 1. The van der Waals surface area contributed by atoms with E-state index in [1.165, 1.54) is 11.1 Å². The second kappa shape index (κ2) is 10.4. The molecule has 0 radical (unpaired) electrons. The van der Waals surface area contributed by atoms with Crippen molar-refractivity contribution in [3.63, 3.8) is 0 Å². The molecule has 0 saturated carbocycles. The number of aliphatic imine (C=N–C) groups is 1. The molecule has 2 heterocycles. The van der Waals surface area contributed by atoms with Gasteiger partial charge in [0.2, 0.25) is 0 Å². The molecule has 0 unspecified atom stereocenters. The van der Waals surface area contributed by atoms with E-state index in [-0.39, 0.29) is 11.7 Å². The first kappa shape index (κ1) is 20.6. The van der Waals surface area contributed by atoms with Crippen LogP contribution >= 0.6 is 11.3 Å². The van der Waals surface area contributed by atoms with Crippen LogP contribution in [0.25, 0.3) is 0 Å². The maximum Gasteiger partial charge on any atom is 0.291 e. The lowest BCUT2D eigenvalue weighted by molar-refractivity contribution is 0.0996. The summed E-state index contributed by atoms with van der Waals surface area (Å²) < 4.78 is 5.09.